The number of amides is 2. The summed E-state index contributed by atoms with van der Waals surface area (Å²) >= 11 is 11.3. The summed E-state index contributed by atoms with van der Waals surface area (Å²) in [7, 11) is 0. The van der Waals surface area contributed by atoms with Gasteiger partial charge in [0, 0.05) is 17.5 Å². The molecule has 0 fully saturated rings. The van der Waals surface area contributed by atoms with Gasteiger partial charge in [-0.1, -0.05) is 53.6 Å². The minimum atomic E-state index is -0.742. The van der Waals surface area contributed by atoms with Crippen molar-refractivity contribution in [3.63, 3.8) is 0 Å². The summed E-state index contributed by atoms with van der Waals surface area (Å²) in [4.78, 5) is 24.5. The fraction of sp³-hybridized carbons (Fsp3) is 0.115. The summed E-state index contributed by atoms with van der Waals surface area (Å²) in [5.74, 6) is -0.214. The first kappa shape index (κ1) is 25.0. The number of ether oxygens (including phenoxy) is 1. The maximum Gasteiger partial charge on any atom is 0.265 e. The number of benzene rings is 3. The van der Waals surface area contributed by atoms with Crippen LogP contribution in [-0.2, 0) is 9.59 Å². The molecule has 3 rings (SSSR count). The maximum atomic E-state index is 12.4. The highest BCUT2D eigenvalue weighted by Gasteiger charge is 2.16. The van der Waals surface area contributed by atoms with E-state index in [1.165, 1.54) is 6.08 Å². The Morgan fingerprint density at radius 3 is 2.21 bits per heavy atom. The molecular formula is C26H24ClN3O3S. The molecule has 0 bridgehead atoms. The van der Waals surface area contributed by atoms with Gasteiger partial charge in [0.15, 0.2) is 11.2 Å². The van der Waals surface area contributed by atoms with E-state index < -0.39 is 6.10 Å². The van der Waals surface area contributed by atoms with E-state index in [-0.39, 0.29) is 16.9 Å². The van der Waals surface area contributed by atoms with Crippen LogP contribution in [0.15, 0.2) is 78.9 Å². The highest BCUT2D eigenvalue weighted by molar-refractivity contribution is 7.80. The van der Waals surface area contributed by atoms with E-state index in [2.05, 4.69) is 16.0 Å². The van der Waals surface area contributed by atoms with E-state index in [1.54, 1.807) is 61.5 Å². The van der Waals surface area contributed by atoms with E-state index in [1.807, 2.05) is 31.2 Å². The van der Waals surface area contributed by atoms with E-state index in [4.69, 9.17) is 28.6 Å². The second-order valence-electron chi connectivity index (χ2n) is 7.44. The number of anilines is 2. The number of halogens is 1. The monoisotopic (exact) mass is 493 g/mol. The normalized spacial score (nSPS) is 11.5. The molecule has 0 spiro atoms. The van der Waals surface area contributed by atoms with Gasteiger partial charge in [-0.15, -0.1) is 0 Å². The van der Waals surface area contributed by atoms with Gasteiger partial charge in [-0.2, -0.15) is 0 Å². The van der Waals surface area contributed by atoms with Gasteiger partial charge in [-0.3, -0.25) is 14.9 Å². The first-order chi connectivity index (χ1) is 16.3. The molecule has 0 aliphatic rings. The van der Waals surface area contributed by atoms with Crippen LogP contribution in [-0.4, -0.2) is 23.0 Å². The van der Waals surface area contributed by atoms with Gasteiger partial charge in [-0.05, 0) is 74.1 Å². The molecule has 0 saturated heterocycles. The molecule has 8 heteroatoms. The van der Waals surface area contributed by atoms with Crippen LogP contribution in [0.4, 0.5) is 11.4 Å². The molecule has 0 saturated carbocycles. The molecular weight excluding hydrogens is 470 g/mol. The summed E-state index contributed by atoms with van der Waals surface area (Å²) in [6, 6.07) is 21.7. The van der Waals surface area contributed by atoms with Crippen molar-refractivity contribution in [1.82, 2.24) is 5.32 Å². The van der Waals surface area contributed by atoms with Crippen LogP contribution in [0.2, 0.25) is 5.02 Å². The minimum Gasteiger partial charge on any atom is -0.479 e. The molecule has 1 unspecified atom stereocenters. The standard InChI is InChI=1S/C26H24ClN3O3S/c1-17-7-9-19(10-8-17)11-16-24(31)30-26(34)29-21-14-12-20(13-15-21)28-25(32)18(2)33-23-6-4-3-5-22(23)27/h3-16,18H,1-2H3,(H,28,32)(H2,29,30,31,34)/b16-11+. The number of rotatable bonds is 7. The van der Waals surface area contributed by atoms with Crippen LogP contribution in [0.25, 0.3) is 6.08 Å². The predicted molar refractivity (Wildman–Crippen MR) is 141 cm³/mol. The first-order valence-electron chi connectivity index (χ1n) is 10.5. The Morgan fingerprint density at radius 2 is 1.56 bits per heavy atom. The third-order valence-corrected chi connectivity index (χ3v) is 5.18. The lowest BCUT2D eigenvalue weighted by molar-refractivity contribution is -0.122. The molecule has 2 amide bonds. The predicted octanol–water partition coefficient (Wildman–Crippen LogP) is 5.58. The number of aryl methyl sites for hydroxylation is 1. The summed E-state index contributed by atoms with van der Waals surface area (Å²) in [6.45, 7) is 3.64. The Hall–Kier alpha value is -3.68. The zero-order valence-corrected chi connectivity index (χ0v) is 20.2. The van der Waals surface area contributed by atoms with E-state index in [9.17, 15) is 9.59 Å². The Labute approximate surface area is 209 Å². The fourth-order valence-electron chi connectivity index (χ4n) is 2.83. The van der Waals surface area contributed by atoms with Crippen LogP contribution in [0.5, 0.6) is 5.75 Å². The quantitative estimate of drug-likeness (QED) is 0.296. The summed E-state index contributed by atoms with van der Waals surface area (Å²) < 4.78 is 5.63. The van der Waals surface area contributed by atoms with E-state index >= 15 is 0 Å². The SMILES string of the molecule is Cc1ccc(/C=C/C(=O)NC(=S)Nc2ccc(NC(=O)C(C)Oc3ccccc3Cl)cc2)cc1. The Balaban J connectivity index is 1.47. The van der Waals surface area contributed by atoms with Crippen molar-refractivity contribution in [1.29, 1.82) is 0 Å². The molecule has 0 heterocycles. The van der Waals surface area contributed by atoms with Crippen molar-refractivity contribution < 1.29 is 14.3 Å². The highest BCUT2D eigenvalue weighted by atomic mass is 35.5. The number of para-hydroxylation sites is 1. The van der Waals surface area contributed by atoms with Gasteiger partial charge in [0.1, 0.15) is 5.75 Å². The molecule has 0 aromatic heterocycles. The molecule has 174 valence electrons. The molecule has 0 aliphatic carbocycles. The van der Waals surface area contributed by atoms with Gasteiger partial charge in [0.25, 0.3) is 5.91 Å². The lowest BCUT2D eigenvalue weighted by Gasteiger charge is -2.16. The maximum absolute atomic E-state index is 12.4. The Kier molecular flexibility index (Phi) is 8.79. The van der Waals surface area contributed by atoms with Gasteiger partial charge >= 0.3 is 0 Å². The zero-order valence-electron chi connectivity index (χ0n) is 18.7. The summed E-state index contributed by atoms with van der Waals surface area (Å²) in [6.07, 6.45) is 2.39. The van der Waals surface area contributed by atoms with E-state index in [0.717, 1.165) is 11.1 Å². The number of carbonyl (C=O) groups is 2. The molecule has 3 aromatic carbocycles. The molecule has 3 N–H and O–H groups in total. The van der Waals surface area contributed by atoms with Crippen molar-refractivity contribution in [2.75, 3.05) is 10.6 Å². The summed E-state index contributed by atoms with van der Waals surface area (Å²) in [5.41, 5.74) is 3.31. The van der Waals surface area contributed by atoms with Crippen LogP contribution >= 0.6 is 23.8 Å². The van der Waals surface area contributed by atoms with Gasteiger partial charge in [0.2, 0.25) is 5.91 Å². The van der Waals surface area contributed by atoms with Crippen molar-refractivity contribution in [2.45, 2.75) is 20.0 Å². The molecule has 0 radical (unpaired) electrons. The van der Waals surface area contributed by atoms with Crippen molar-refractivity contribution in [2.24, 2.45) is 0 Å². The average Bonchev–Trinajstić information content (AvgIpc) is 2.81. The van der Waals surface area contributed by atoms with E-state index in [0.29, 0.717) is 22.1 Å². The molecule has 6 nitrogen and oxygen atoms in total. The van der Waals surface area contributed by atoms with Crippen LogP contribution in [0.1, 0.15) is 18.1 Å². The van der Waals surface area contributed by atoms with Crippen molar-refractivity contribution >= 4 is 58.2 Å². The van der Waals surface area contributed by atoms with Gasteiger partial charge in [-0.25, -0.2) is 0 Å². The molecule has 0 aliphatic heterocycles. The van der Waals surface area contributed by atoms with Gasteiger partial charge < -0.3 is 15.4 Å². The smallest absolute Gasteiger partial charge is 0.265 e. The number of hydrogen-bond acceptors (Lipinski definition) is 4. The van der Waals surface area contributed by atoms with Crippen LogP contribution < -0.4 is 20.7 Å². The van der Waals surface area contributed by atoms with Crippen LogP contribution in [0, 0.1) is 6.92 Å². The van der Waals surface area contributed by atoms with Crippen molar-refractivity contribution in [3.05, 3.63) is 95.0 Å². The Morgan fingerprint density at radius 1 is 0.941 bits per heavy atom. The highest BCUT2D eigenvalue weighted by Crippen LogP contribution is 2.24. The Bertz CT molecular complexity index is 1190. The number of nitrogens with one attached hydrogen (secondary N) is 3. The molecule has 1 atom stereocenters. The lowest BCUT2D eigenvalue weighted by Crippen LogP contribution is -2.32. The molecule has 3 aromatic rings. The lowest BCUT2D eigenvalue weighted by atomic mass is 10.1. The second kappa shape index (κ2) is 12.0. The first-order valence-corrected chi connectivity index (χ1v) is 11.3. The number of thiocarbonyl (C=S) groups is 1. The second-order valence-corrected chi connectivity index (χ2v) is 8.26. The topological polar surface area (TPSA) is 79.5 Å². The number of carbonyl (C=O) groups excluding carboxylic acids is 2. The summed E-state index contributed by atoms with van der Waals surface area (Å²) in [5, 5.41) is 8.91. The van der Waals surface area contributed by atoms with Crippen LogP contribution in [0.3, 0.4) is 0 Å². The zero-order chi connectivity index (χ0) is 24.5. The fourth-order valence-corrected chi connectivity index (χ4v) is 3.23. The third-order valence-electron chi connectivity index (χ3n) is 4.66. The third kappa shape index (κ3) is 7.72. The minimum absolute atomic E-state index is 0.164. The van der Waals surface area contributed by atoms with Gasteiger partial charge in [0.05, 0.1) is 5.02 Å². The largest absolute Gasteiger partial charge is 0.479 e. The average molecular weight is 494 g/mol. The molecule has 34 heavy (non-hydrogen) atoms. The van der Waals surface area contributed by atoms with Crippen molar-refractivity contribution in [3.8, 4) is 5.75 Å². The number of hydrogen-bond donors (Lipinski definition) is 3.